The molecule has 2 aliphatic heterocycles. The predicted molar refractivity (Wildman–Crippen MR) is 76.6 cm³/mol. The lowest BCUT2D eigenvalue weighted by atomic mass is 10.2. The van der Waals surface area contributed by atoms with Crippen LogP contribution in [0.4, 0.5) is 4.79 Å². The number of likely N-dealkylation sites (tertiary alicyclic amines) is 1. The summed E-state index contributed by atoms with van der Waals surface area (Å²) < 4.78 is 5.11. The smallest absolute Gasteiger partial charge is 0.317 e. The van der Waals surface area contributed by atoms with E-state index in [1.54, 1.807) is 7.11 Å². The topological polar surface area (TPSA) is 41.6 Å². The van der Waals surface area contributed by atoms with Gasteiger partial charge < -0.3 is 15.0 Å². The molecule has 3 rings (SSSR count). The van der Waals surface area contributed by atoms with Gasteiger partial charge >= 0.3 is 6.03 Å². The molecule has 2 aliphatic rings. The van der Waals surface area contributed by atoms with Crippen LogP contribution in [-0.4, -0.2) is 41.6 Å². The molecule has 2 heterocycles. The molecule has 2 atom stereocenters. The Hall–Kier alpha value is -1.36. The first-order chi connectivity index (χ1) is 9.26. The Morgan fingerprint density at radius 1 is 1.47 bits per heavy atom. The predicted octanol–water partition coefficient (Wildman–Crippen LogP) is 2.09. The fraction of sp³-hybridized carbons (Fsp3) is 0.500. The monoisotopic (exact) mass is 278 g/mol. The van der Waals surface area contributed by atoms with E-state index in [1.807, 2.05) is 40.9 Å². The van der Waals surface area contributed by atoms with Crippen molar-refractivity contribution in [2.24, 2.45) is 0 Å². The highest BCUT2D eigenvalue weighted by atomic mass is 32.2. The molecule has 0 unspecified atom stereocenters. The number of carbonyl (C=O) groups is 1. The van der Waals surface area contributed by atoms with Crippen LogP contribution in [0.2, 0.25) is 0 Å². The highest BCUT2D eigenvalue weighted by Crippen LogP contribution is 2.37. The summed E-state index contributed by atoms with van der Waals surface area (Å²) >= 11 is 2.00. The molecule has 1 aromatic carbocycles. The molecule has 102 valence electrons. The lowest BCUT2D eigenvalue weighted by molar-refractivity contribution is 0.195. The first-order valence-corrected chi connectivity index (χ1v) is 7.60. The number of benzene rings is 1. The van der Waals surface area contributed by atoms with Crippen LogP contribution in [0.5, 0.6) is 5.75 Å². The molecule has 0 aliphatic carbocycles. The number of nitrogens with one attached hydrogen (secondary N) is 1. The third kappa shape index (κ3) is 2.66. The van der Waals surface area contributed by atoms with E-state index in [2.05, 4.69) is 5.32 Å². The third-order valence-corrected chi connectivity index (χ3v) is 5.15. The van der Waals surface area contributed by atoms with Crippen LogP contribution in [0.3, 0.4) is 0 Å². The highest BCUT2D eigenvalue weighted by Gasteiger charge is 2.40. The van der Waals surface area contributed by atoms with Gasteiger partial charge in [0.2, 0.25) is 0 Å². The van der Waals surface area contributed by atoms with Crippen LogP contribution in [0.1, 0.15) is 12.0 Å². The first-order valence-electron chi connectivity index (χ1n) is 6.55. The minimum atomic E-state index is 0.0728. The standard InChI is InChI=1S/C14H18N2O2S/c1-18-12-4-2-10(3-5-12)7-15-14(17)16-8-13-6-11(16)9-19-13/h2-5,11,13H,6-9H2,1H3,(H,15,17)/t11-,13+/m0/s1. The number of carbonyl (C=O) groups excluding carboxylic acids is 1. The summed E-state index contributed by atoms with van der Waals surface area (Å²) in [5.41, 5.74) is 1.09. The summed E-state index contributed by atoms with van der Waals surface area (Å²) in [4.78, 5) is 14.1. The molecule has 2 bridgehead atoms. The minimum Gasteiger partial charge on any atom is -0.497 e. The van der Waals surface area contributed by atoms with Gasteiger partial charge in [0.15, 0.2) is 0 Å². The van der Waals surface area contributed by atoms with Crippen LogP contribution < -0.4 is 10.1 Å². The van der Waals surface area contributed by atoms with Gasteiger partial charge in [-0.25, -0.2) is 4.79 Å². The zero-order valence-corrected chi connectivity index (χ0v) is 11.8. The maximum absolute atomic E-state index is 12.1. The molecular weight excluding hydrogens is 260 g/mol. The number of thioether (sulfide) groups is 1. The van der Waals surface area contributed by atoms with E-state index < -0.39 is 0 Å². The van der Waals surface area contributed by atoms with Crippen LogP contribution in [-0.2, 0) is 6.54 Å². The van der Waals surface area contributed by atoms with Gasteiger partial charge in [0.1, 0.15) is 5.75 Å². The van der Waals surface area contributed by atoms with E-state index >= 15 is 0 Å². The second-order valence-corrected chi connectivity index (χ2v) is 6.34. The molecule has 2 amide bonds. The lowest BCUT2D eigenvalue weighted by Crippen LogP contribution is -2.45. The molecule has 2 saturated heterocycles. The van der Waals surface area contributed by atoms with Crippen molar-refractivity contribution in [2.75, 3.05) is 19.4 Å². The number of urea groups is 1. The Morgan fingerprint density at radius 2 is 2.26 bits per heavy atom. The van der Waals surface area contributed by atoms with Gasteiger partial charge in [0, 0.05) is 30.1 Å². The average Bonchev–Trinajstić information content (AvgIpc) is 3.08. The van der Waals surface area contributed by atoms with Crippen LogP contribution in [0, 0.1) is 0 Å². The Bertz CT molecular complexity index is 463. The number of methoxy groups -OCH3 is 1. The molecule has 19 heavy (non-hydrogen) atoms. The van der Waals surface area contributed by atoms with Crippen molar-refractivity contribution in [3.8, 4) is 5.75 Å². The summed E-state index contributed by atoms with van der Waals surface area (Å²) in [5, 5.41) is 3.66. The van der Waals surface area contributed by atoms with Crippen LogP contribution in [0.25, 0.3) is 0 Å². The molecule has 0 radical (unpaired) electrons. The zero-order chi connectivity index (χ0) is 13.2. The second kappa shape index (κ2) is 5.33. The lowest BCUT2D eigenvalue weighted by Gasteiger charge is -2.26. The van der Waals surface area contributed by atoms with Crippen molar-refractivity contribution in [3.63, 3.8) is 0 Å². The van der Waals surface area contributed by atoms with Crippen molar-refractivity contribution in [1.29, 1.82) is 0 Å². The van der Waals surface area contributed by atoms with Crippen LogP contribution in [0.15, 0.2) is 24.3 Å². The van der Waals surface area contributed by atoms with Gasteiger partial charge in [-0.15, -0.1) is 0 Å². The van der Waals surface area contributed by atoms with Gasteiger partial charge in [0.25, 0.3) is 0 Å². The normalized spacial score (nSPS) is 24.6. The van der Waals surface area contributed by atoms with E-state index in [0.29, 0.717) is 17.8 Å². The Labute approximate surface area is 117 Å². The number of fused-ring (bicyclic) bond motifs is 2. The van der Waals surface area contributed by atoms with Gasteiger partial charge in [-0.05, 0) is 24.1 Å². The van der Waals surface area contributed by atoms with Crippen molar-refractivity contribution in [2.45, 2.75) is 24.3 Å². The van der Waals surface area contributed by atoms with Gasteiger partial charge in [0.05, 0.1) is 7.11 Å². The number of hydrogen-bond acceptors (Lipinski definition) is 3. The molecule has 4 nitrogen and oxygen atoms in total. The molecular formula is C14H18N2O2S. The average molecular weight is 278 g/mol. The Kier molecular flexibility index (Phi) is 3.55. The maximum Gasteiger partial charge on any atom is 0.317 e. The summed E-state index contributed by atoms with van der Waals surface area (Å²) in [6.45, 7) is 1.48. The molecule has 0 saturated carbocycles. The first kappa shape index (κ1) is 12.7. The summed E-state index contributed by atoms with van der Waals surface area (Å²) in [5.74, 6) is 1.93. The fourth-order valence-electron chi connectivity index (χ4n) is 2.67. The van der Waals surface area contributed by atoms with E-state index in [4.69, 9.17) is 4.74 Å². The Morgan fingerprint density at radius 3 is 2.84 bits per heavy atom. The van der Waals surface area contributed by atoms with E-state index in [-0.39, 0.29) is 6.03 Å². The highest BCUT2D eigenvalue weighted by molar-refractivity contribution is 8.00. The van der Waals surface area contributed by atoms with Crippen LogP contribution >= 0.6 is 11.8 Å². The molecule has 0 aromatic heterocycles. The molecule has 0 spiro atoms. The quantitative estimate of drug-likeness (QED) is 0.920. The molecule has 5 heteroatoms. The largest absolute Gasteiger partial charge is 0.497 e. The number of rotatable bonds is 3. The maximum atomic E-state index is 12.1. The zero-order valence-electron chi connectivity index (χ0n) is 11.0. The van der Waals surface area contributed by atoms with Crippen molar-refractivity contribution in [3.05, 3.63) is 29.8 Å². The summed E-state index contributed by atoms with van der Waals surface area (Å²) in [7, 11) is 1.65. The minimum absolute atomic E-state index is 0.0728. The van der Waals surface area contributed by atoms with E-state index in [9.17, 15) is 4.79 Å². The third-order valence-electron chi connectivity index (χ3n) is 3.76. The van der Waals surface area contributed by atoms with Gasteiger partial charge in [-0.2, -0.15) is 11.8 Å². The van der Waals surface area contributed by atoms with Gasteiger partial charge in [-0.3, -0.25) is 0 Å². The number of nitrogens with zero attached hydrogens (tertiary/aromatic N) is 1. The second-order valence-electron chi connectivity index (χ2n) is 5.00. The van der Waals surface area contributed by atoms with E-state index in [0.717, 1.165) is 23.6 Å². The van der Waals surface area contributed by atoms with Crippen molar-refractivity contribution >= 4 is 17.8 Å². The molecule has 2 fully saturated rings. The van der Waals surface area contributed by atoms with Crippen molar-refractivity contribution in [1.82, 2.24) is 10.2 Å². The number of amides is 2. The number of hydrogen-bond donors (Lipinski definition) is 1. The Balaban J connectivity index is 1.52. The van der Waals surface area contributed by atoms with E-state index in [1.165, 1.54) is 6.42 Å². The molecule has 1 aromatic rings. The van der Waals surface area contributed by atoms with Gasteiger partial charge in [-0.1, -0.05) is 12.1 Å². The molecule has 1 N–H and O–H groups in total. The van der Waals surface area contributed by atoms with Crippen molar-refractivity contribution < 1.29 is 9.53 Å². The fourth-order valence-corrected chi connectivity index (χ4v) is 4.11. The summed E-state index contributed by atoms with van der Waals surface area (Å²) in [6.07, 6.45) is 1.17. The number of ether oxygens (including phenoxy) is 1. The SMILES string of the molecule is COc1ccc(CNC(=O)N2C[C@H]3C[C@H]2CS3)cc1. The summed E-state index contributed by atoms with van der Waals surface area (Å²) in [6, 6.07) is 8.30.